The van der Waals surface area contributed by atoms with Crippen LogP contribution in [0.2, 0.25) is 10.0 Å². The zero-order valence-corrected chi connectivity index (χ0v) is 32.2. The van der Waals surface area contributed by atoms with Crippen molar-refractivity contribution >= 4 is 52.6 Å². The zero-order chi connectivity index (χ0) is 38.2. The second-order valence-corrected chi connectivity index (χ2v) is 13.4. The molecule has 0 saturated heterocycles. The molecule has 1 aliphatic heterocycles. The third-order valence-corrected chi connectivity index (χ3v) is 9.67. The number of thiazole rings is 1. The van der Waals surface area contributed by atoms with Crippen LogP contribution in [0.25, 0.3) is 6.08 Å². The number of halogens is 2. The van der Waals surface area contributed by atoms with Crippen LogP contribution in [0.5, 0.6) is 23.0 Å². The number of ether oxygens (including phenoxy) is 6. The fourth-order valence-corrected chi connectivity index (χ4v) is 7.22. The molecule has 2 heterocycles. The normalized spacial score (nSPS) is 13.9. The van der Waals surface area contributed by atoms with Crippen LogP contribution < -0.4 is 33.8 Å². The molecule has 0 spiro atoms. The number of benzene rings is 3. The van der Waals surface area contributed by atoms with Crippen LogP contribution >= 0.6 is 34.5 Å². The van der Waals surface area contributed by atoms with Crippen LogP contribution in [0.4, 0.5) is 0 Å². The number of esters is 2. The molecule has 3 aromatic carbocycles. The van der Waals surface area contributed by atoms with Crippen molar-refractivity contribution in [2.45, 2.75) is 39.8 Å². The molecule has 11 nitrogen and oxygen atoms in total. The Labute approximate surface area is 320 Å². The summed E-state index contributed by atoms with van der Waals surface area (Å²) in [6, 6.07) is 13.0. The van der Waals surface area contributed by atoms with Crippen molar-refractivity contribution in [2.75, 3.05) is 34.0 Å². The number of rotatable bonds is 15. The van der Waals surface area contributed by atoms with E-state index < -0.39 is 18.0 Å². The number of aromatic nitrogens is 1. The zero-order valence-electron chi connectivity index (χ0n) is 29.8. The molecule has 14 heteroatoms. The number of hydrogen-bond donors (Lipinski definition) is 0. The lowest BCUT2D eigenvalue weighted by atomic mass is 9.95. The first-order valence-corrected chi connectivity index (χ1v) is 18.1. The van der Waals surface area contributed by atoms with E-state index in [2.05, 4.69) is 11.6 Å². The van der Waals surface area contributed by atoms with Crippen LogP contribution in [-0.4, -0.2) is 50.5 Å². The third kappa shape index (κ3) is 8.78. The fourth-order valence-electron chi connectivity index (χ4n) is 5.71. The Kier molecular flexibility index (Phi) is 13.0. The first-order chi connectivity index (χ1) is 25.5. The number of fused-ring (bicyclic) bond motifs is 1. The Morgan fingerprint density at radius 2 is 1.75 bits per heavy atom. The number of allylic oxidation sites excluding steroid dienone is 2. The molecule has 1 atom stereocenters. The SMILES string of the molecule is C=CCc1cc(/C=c2\sc3n(c2=O)[C@@H](c2ccc(OCC(=O)OC)c(OCC)c2)C(C(=O)OCC)=C(C)N=3)cc(OC)c1OCc1ccc(Cl)cc1Cl. The van der Waals surface area contributed by atoms with E-state index in [1.54, 1.807) is 75.4 Å². The summed E-state index contributed by atoms with van der Waals surface area (Å²) < 4.78 is 35.5. The molecule has 0 N–H and O–H groups in total. The molecular weight excluding hydrogens is 743 g/mol. The van der Waals surface area contributed by atoms with Gasteiger partial charge in [-0.2, -0.15) is 0 Å². The van der Waals surface area contributed by atoms with E-state index in [9.17, 15) is 14.4 Å². The highest BCUT2D eigenvalue weighted by Crippen LogP contribution is 2.37. The van der Waals surface area contributed by atoms with Crippen molar-refractivity contribution in [3.63, 3.8) is 0 Å². The quantitative estimate of drug-likeness (QED) is 0.100. The topological polar surface area (TPSA) is 124 Å². The molecule has 53 heavy (non-hydrogen) atoms. The van der Waals surface area contributed by atoms with Gasteiger partial charge in [0.05, 0.1) is 49.3 Å². The highest BCUT2D eigenvalue weighted by Gasteiger charge is 2.34. The monoisotopic (exact) mass is 780 g/mol. The standard InChI is InChI=1S/C39H38Cl2N2O9S/c1-7-10-25-15-23(16-31(47-5)36(25)52-20-26-11-13-27(40)19-28(26)41)17-32-37(45)43-35(34(38(46)50-9-3)22(4)42-39(43)53-32)24-12-14-29(30(18-24)49-8-2)51-21-33(44)48-6/h7,11-19,35H,1,8-10,20-21H2,2-6H3/b32-17-/t35-/m0/s1. The third-order valence-electron chi connectivity index (χ3n) is 8.10. The lowest BCUT2D eigenvalue weighted by Gasteiger charge is -2.25. The van der Waals surface area contributed by atoms with Crippen molar-refractivity contribution < 1.29 is 38.0 Å². The summed E-state index contributed by atoms with van der Waals surface area (Å²) in [5, 5.41) is 0.998. The van der Waals surface area contributed by atoms with Crippen molar-refractivity contribution in [2.24, 2.45) is 4.99 Å². The van der Waals surface area contributed by atoms with Gasteiger partial charge in [-0.1, -0.05) is 52.7 Å². The summed E-state index contributed by atoms with van der Waals surface area (Å²) in [5.74, 6) is 0.397. The summed E-state index contributed by atoms with van der Waals surface area (Å²) in [5.41, 5.74) is 2.97. The van der Waals surface area contributed by atoms with Gasteiger partial charge in [-0.15, -0.1) is 6.58 Å². The van der Waals surface area contributed by atoms with Crippen LogP contribution in [0, 0.1) is 0 Å². The number of nitrogens with zero attached hydrogens (tertiary/aromatic N) is 2. The van der Waals surface area contributed by atoms with Crippen molar-refractivity contribution in [3.05, 3.63) is 124 Å². The summed E-state index contributed by atoms with van der Waals surface area (Å²) in [6.07, 6.45) is 3.94. The van der Waals surface area contributed by atoms with Gasteiger partial charge in [0.1, 0.15) is 6.61 Å². The van der Waals surface area contributed by atoms with Gasteiger partial charge in [-0.25, -0.2) is 14.6 Å². The lowest BCUT2D eigenvalue weighted by molar-refractivity contribution is -0.143. The first kappa shape index (κ1) is 39.2. The molecule has 5 rings (SSSR count). The molecule has 278 valence electrons. The van der Waals surface area contributed by atoms with E-state index in [1.165, 1.54) is 30.1 Å². The van der Waals surface area contributed by atoms with Gasteiger partial charge in [0.25, 0.3) is 5.56 Å². The van der Waals surface area contributed by atoms with E-state index in [-0.39, 0.29) is 37.6 Å². The average molecular weight is 782 g/mol. The van der Waals surface area contributed by atoms with Crippen molar-refractivity contribution in [1.82, 2.24) is 4.57 Å². The van der Waals surface area contributed by atoms with Crippen molar-refractivity contribution in [1.29, 1.82) is 0 Å². The minimum Gasteiger partial charge on any atom is -0.493 e. The Hall–Kier alpha value is -5.04. The summed E-state index contributed by atoms with van der Waals surface area (Å²) >= 11 is 13.6. The van der Waals surface area contributed by atoms with Gasteiger partial charge in [0, 0.05) is 21.2 Å². The van der Waals surface area contributed by atoms with Crippen molar-refractivity contribution in [3.8, 4) is 23.0 Å². The first-order valence-electron chi connectivity index (χ1n) is 16.6. The molecule has 0 unspecified atom stereocenters. The molecule has 0 fully saturated rings. The average Bonchev–Trinajstić information content (AvgIpc) is 3.43. The molecular formula is C39H38Cl2N2O9S. The molecule has 1 aliphatic rings. The fraction of sp³-hybridized carbons (Fsp3) is 0.282. The van der Waals surface area contributed by atoms with Crippen LogP contribution in [-0.2, 0) is 32.1 Å². The number of hydrogen-bond acceptors (Lipinski definition) is 11. The van der Waals surface area contributed by atoms with E-state index in [0.717, 1.165) is 11.1 Å². The van der Waals surface area contributed by atoms with E-state index >= 15 is 0 Å². The number of methoxy groups -OCH3 is 2. The maximum Gasteiger partial charge on any atom is 0.343 e. The molecule has 0 saturated carbocycles. The molecule has 0 bridgehead atoms. The van der Waals surface area contributed by atoms with Crippen LogP contribution in [0.1, 0.15) is 49.1 Å². The number of carbonyl (C=O) groups is 2. The Morgan fingerprint density at radius 3 is 2.43 bits per heavy atom. The van der Waals surface area contributed by atoms with Gasteiger partial charge in [0.2, 0.25) is 0 Å². The van der Waals surface area contributed by atoms with Gasteiger partial charge in [-0.3, -0.25) is 9.36 Å². The van der Waals surface area contributed by atoms with Crippen LogP contribution in [0.15, 0.2) is 82.2 Å². The van der Waals surface area contributed by atoms with Gasteiger partial charge in [-0.05, 0) is 80.8 Å². The predicted molar refractivity (Wildman–Crippen MR) is 203 cm³/mol. The largest absolute Gasteiger partial charge is 0.493 e. The van der Waals surface area contributed by atoms with E-state index in [0.29, 0.717) is 65.6 Å². The second kappa shape index (κ2) is 17.7. The molecule has 0 aliphatic carbocycles. The summed E-state index contributed by atoms with van der Waals surface area (Å²) in [4.78, 5) is 44.7. The van der Waals surface area contributed by atoms with Crippen LogP contribution in [0.3, 0.4) is 0 Å². The number of carbonyl (C=O) groups excluding carboxylic acids is 2. The van der Waals surface area contributed by atoms with E-state index in [4.69, 9.17) is 51.6 Å². The Bertz CT molecular complexity index is 2260. The molecule has 4 aromatic rings. The molecule has 0 amide bonds. The Morgan fingerprint density at radius 1 is 0.962 bits per heavy atom. The lowest BCUT2D eigenvalue weighted by Crippen LogP contribution is -2.40. The smallest absolute Gasteiger partial charge is 0.343 e. The summed E-state index contributed by atoms with van der Waals surface area (Å²) in [7, 11) is 2.80. The van der Waals surface area contributed by atoms with Gasteiger partial charge >= 0.3 is 11.9 Å². The van der Waals surface area contributed by atoms with Gasteiger partial charge < -0.3 is 28.4 Å². The Balaban J connectivity index is 1.62. The predicted octanol–water partition coefficient (Wildman–Crippen LogP) is 6.37. The summed E-state index contributed by atoms with van der Waals surface area (Å²) in [6.45, 7) is 9.36. The second-order valence-electron chi connectivity index (χ2n) is 11.5. The van der Waals surface area contributed by atoms with E-state index in [1.807, 2.05) is 6.07 Å². The highest BCUT2D eigenvalue weighted by molar-refractivity contribution is 7.07. The minimum absolute atomic E-state index is 0.124. The maximum atomic E-state index is 14.4. The molecule has 0 radical (unpaired) electrons. The minimum atomic E-state index is -0.914. The van der Waals surface area contributed by atoms with Gasteiger partial charge in [0.15, 0.2) is 34.4 Å². The molecule has 1 aromatic heterocycles. The maximum absolute atomic E-state index is 14.4. The highest BCUT2D eigenvalue weighted by atomic mass is 35.5.